The van der Waals surface area contributed by atoms with Crippen LogP contribution < -0.4 is 0 Å². The van der Waals surface area contributed by atoms with Gasteiger partial charge in [-0.3, -0.25) is 0 Å². The number of hydrogen-bond donors (Lipinski definition) is 0. The fraction of sp³-hybridized carbons (Fsp3) is 0.600. The van der Waals surface area contributed by atoms with Gasteiger partial charge in [0.2, 0.25) is 0 Å². The van der Waals surface area contributed by atoms with Crippen molar-refractivity contribution in [1.29, 1.82) is 0 Å². The highest BCUT2D eigenvalue weighted by Gasteiger charge is 2.24. The Kier molecular flexibility index (Phi) is 3.48. The second kappa shape index (κ2) is 5.12. The maximum atomic E-state index is 6.09. The zero-order valence-electron chi connectivity index (χ0n) is 11.6. The van der Waals surface area contributed by atoms with Gasteiger partial charge >= 0.3 is 0 Å². The predicted molar refractivity (Wildman–Crippen MR) is 78.5 cm³/mol. The summed E-state index contributed by atoms with van der Waals surface area (Å²) in [6.07, 6.45) is 6.88. The maximum Gasteiger partial charge on any atom is 0.160 e. The summed E-state index contributed by atoms with van der Waals surface area (Å²) in [5.41, 5.74) is 3.20. The van der Waals surface area contributed by atoms with Gasteiger partial charge in [0.25, 0.3) is 0 Å². The van der Waals surface area contributed by atoms with Crippen LogP contribution in [0.3, 0.4) is 0 Å². The first-order chi connectivity index (χ1) is 9.20. The smallest absolute Gasteiger partial charge is 0.160 e. The van der Waals surface area contributed by atoms with Crippen molar-refractivity contribution in [3.8, 4) is 0 Å². The van der Waals surface area contributed by atoms with E-state index in [-0.39, 0.29) is 0 Å². The number of rotatable bonds is 2. The van der Waals surface area contributed by atoms with Crippen LogP contribution in [-0.2, 0) is 5.88 Å². The van der Waals surface area contributed by atoms with E-state index in [1.165, 1.54) is 31.2 Å². The minimum Gasteiger partial charge on any atom is -0.309 e. The molecule has 0 spiro atoms. The van der Waals surface area contributed by atoms with Crippen molar-refractivity contribution < 1.29 is 0 Å². The Morgan fingerprint density at radius 2 is 2.05 bits per heavy atom. The first-order valence-corrected chi connectivity index (χ1v) is 7.62. The van der Waals surface area contributed by atoms with E-state index in [4.69, 9.17) is 16.6 Å². The van der Waals surface area contributed by atoms with Gasteiger partial charge in [0, 0.05) is 12.2 Å². The zero-order chi connectivity index (χ0) is 13.4. The third-order valence-electron chi connectivity index (χ3n) is 4.32. The second-order valence-electron chi connectivity index (χ2n) is 5.75. The topological polar surface area (TPSA) is 30.7 Å². The number of imidazole rings is 1. The van der Waals surface area contributed by atoms with Crippen LogP contribution in [0.2, 0.25) is 0 Å². The van der Waals surface area contributed by atoms with Gasteiger partial charge in [0.1, 0.15) is 11.3 Å². The molecule has 19 heavy (non-hydrogen) atoms. The van der Waals surface area contributed by atoms with E-state index in [2.05, 4.69) is 23.4 Å². The van der Waals surface area contributed by atoms with Crippen LogP contribution >= 0.6 is 11.6 Å². The maximum absolute atomic E-state index is 6.09. The average Bonchev–Trinajstić information content (AvgIpc) is 2.80. The third kappa shape index (κ3) is 2.25. The highest BCUT2D eigenvalue weighted by Crippen LogP contribution is 2.35. The average molecular weight is 278 g/mol. The van der Waals surface area contributed by atoms with Crippen molar-refractivity contribution in [3.63, 3.8) is 0 Å². The van der Waals surface area contributed by atoms with Gasteiger partial charge in [-0.05, 0) is 50.2 Å². The molecular formula is C15H20ClN3. The third-order valence-corrected chi connectivity index (χ3v) is 4.56. The number of hydrogen-bond acceptors (Lipinski definition) is 2. The SMILES string of the molecule is Cc1ccnc2c1nc(CCl)n2C1CCC(C)CC1. The molecule has 0 amide bonds. The second-order valence-corrected chi connectivity index (χ2v) is 6.01. The summed E-state index contributed by atoms with van der Waals surface area (Å²) in [6, 6.07) is 2.53. The Bertz CT molecular complexity index is 582. The molecule has 0 aromatic carbocycles. The molecule has 0 bridgehead atoms. The lowest BCUT2D eigenvalue weighted by molar-refractivity contribution is 0.290. The van der Waals surface area contributed by atoms with E-state index in [1.54, 1.807) is 0 Å². The first kappa shape index (κ1) is 12.9. The molecule has 3 nitrogen and oxygen atoms in total. The van der Waals surface area contributed by atoms with Crippen LogP contribution in [-0.4, -0.2) is 14.5 Å². The molecule has 1 fully saturated rings. The van der Waals surface area contributed by atoms with Gasteiger partial charge in [-0.15, -0.1) is 11.6 Å². The van der Waals surface area contributed by atoms with Crippen LogP contribution in [0.1, 0.15) is 50.0 Å². The van der Waals surface area contributed by atoms with E-state index >= 15 is 0 Å². The summed E-state index contributed by atoms with van der Waals surface area (Å²) in [7, 11) is 0. The van der Waals surface area contributed by atoms with E-state index in [0.717, 1.165) is 22.9 Å². The zero-order valence-corrected chi connectivity index (χ0v) is 12.3. The van der Waals surface area contributed by atoms with Crippen LogP contribution in [0, 0.1) is 12.8 Å². The number of halogens is 1. The van der Waals surface area contributed by atoms with Crippen molar-refractivity contribution in [2.45, 2.75) is 51.5 Å². The number of alkyl halides is 1. The molecule has 2 aromatic rings. The highest BCUT2D eigenvalue weighted by molar-refractivity contribution is 6.16. The van der Waals surface area contributed by atoms with Crippen molar-refractivity contribution in [3.05, 3.63) is 23.7 Å². The standard InChI is InChI=1S/C15H20ClN3/c1-10-3-5-12(6-4-10)19-13(9-16)18-14-11(2)7-8-17-15(14)19/h7-8,10,12H,3-6,9H2,1-2H3. The van der Waals surface area contributed by atoms with E-state index in [1.807, 2.05) is 12.3 Å². The molecule has 102 valence electrons. The monoisotopic (exact) mass is 277 g/mol. The van der Waals surface area contributed by atoms with Gasteiger partial charge in [-0.25, -0.2) is 9.97 Å². The van der Waals surface area contributed by atoms with Crippen LogP contribution in [0.4, 0.5) is 0 Å². The van der Waals surface area contributed by atoms with Gasteiger partial charge in [-0.2, -0.15) is 0 Å². The van der Waals surface area contributed by atoms with Crippen LogP contribution in [0.15, 0.2) is 12.3 Å². The Hall–Kier alpha value is -1.09. The first-order valence-electron chi connectivity index (χ1n) is 7.09. The highest BCUT2D eigenvalue weighted by atomic mass is 35.5. The van der Waals surface area contributed by atoms with Gasteiger partial charge in [0.15, 0.2) is 5.65 Å². The van der Waals surface area contributed by atoms with E-state index < -0.39 is 0 Å². The largest absolute Gasteiger partial charge is 0.309 e. The Labute approximate surface area is 119 Å². The minimum atomic E-state index is 0.460. The number of fused-ring (bicyclic) bond motifs is 1. The summed E-state index contributed by atoms with van der Waals surface area (Å²) in [5, 5.41) is 0. The Balaban J connectivity index is 2.08. The van der Waals surface area contributed by atoms with Crippen LogP contribution in [0.5, 0.6) is 0 Å². The quantitative estimate of drug-likeness (QED) is 0.769. The lowest BCUT2D eigenvalue weighted by atomic mass is 9.87. The van der Waals surface area contributed by atoms with Crippen molar-refractivity contribution >= 4 is 22.8 Å². The van der Waals surface area contributed by atoms with Crippen LogP contribution in [0.25, 0.3) is 11.2 Å². The summed E-state index contributed by atoms with van der Waals surface area (Å²) < 4.78 is 2.29. The molecule has 0 N–H and O–H groups in total. The molecule has 0 aliphatic heterocycles. The normalized spacial score (nSPS) is 23.9. The van der Waals surface area contributed by atoms with E-state index in [9.17, 15) is 0 Å². The van der Waals surface area contributed by atoms with E-state index in [0.29, 0.717) is 11.9 Å². The molecule has 2 heterocycles. The fourth-order valence-electron chi connectivity index (χ4n) is 3.13. The Morgan fingerprint density at radius 1 is 1.32 bits per heavy atom. The van der Waals surface area contributed by atoms with Gasteiger partial charge in [-0.1, -0.05) is 6.92 Å². The summed E-state index contributed by atoms with van der Waals surface area (Å²) in [5.74, 6) is 2.28. The molecule has 0 atom stereocenters. The molecule has 0 radical (unpaired) electrons. The molecule has 3 rings (SSSR count). The van der Waals surface area contributed by atoms with Gasteiger partial charge < -0.3 is 4.57 Å². The van der Waals surface area contributed by atoms with Crippen molar-refractivity contribution in [2.24, 2.45) is 5.92 Å². The molecule has 0 unspecified atom stereocenters. The fourth-order valence-corrected chi connectivity index (χ4v) is 3.32. The molecule has 1 aliphatic rings. The number of aryl methyl sites for hydroxylation is 1. The number of aromatic nitrogens is 3. The molecule has 2 aromatic heterocycles. The summed E-state index contributed by atoms with van der Waals surface area (Å²) >= 11 is 6.09. The summed E-state index contributed by atoms with van der Waals surface area (Å²) in [4.78, 5) is 9.24. The predicted octanol–water partition coefficient (Wildman–Crippen LogP) is 4.23. The Morgan fingerprint density at radius 3 is 2.74 bits per heavy atom. The molecule has 1 aliphatic carbocycles. The molecular weight excluding hydrogens is 258 g/mol. The molecule has 1 saturated carbocycles. The number of pyridine rings is 1. The number of nitrogens with zero attached hydrogens (tertiary/aromatic N) is 3. The summed E-state index contributed by atoms with van der Waals surface area (Å²) in [6.45, 7) is 4.43. The van der Waals surface area contributed by atoms with Crippen molar-refractivity contribution in [1.82, 2.24) is 14.5 Å². The molecule has 4 heteroatoms. The molecule has 0 saturated heterocycles. The van der Waals surface area contributed by atoms with Gasteiger partial charge in [0.05, 0.1) is 5.88 Å². The lowest BCUT2D eigenvalue weighted by Gasteiger charge is -2.28. The van der Waals surface area contributed by atoms with Crippen molar-refractivity contribution in [2.75, 3.05) is 0 Å². The lowest BCUT2D eigenvalue weighted by Crippen LogP contribution is -2.18. The minimum absolute atomic E-state index is 0.460.